The summed E-state index contributed by atoms with van der Waals surface area (Å²) >= 11 is 0. The average Bonchev–Trinajstić information content (AvgIpc) is 3.93. The molecule has 6 rings (SSSR count). The third-order valence-corrected chi connectivity index (χ3v) is 10.1. The number of nitrogens with one attached hydrogen (secondary N) is 4. The topological polar surface area (TPSA) is 163 Å². The fraction of sp³-hybridized carbons (Fsp3) is 0.400. The molecule has 0 spiro atoms. The van der Waals surface area contributed by atoms with E-state index in [2.05, 4.69) is 21.3 Å². The standard InChI is InChI=1S/C40H48N6O6/c1-27(9-5-16-36(48)45(21-22-47)25-28-10-3-2-4-11-28)40(52)32-24-31(44-38(50)34-15-8-20-42-34)17-18-35(32)46(39(40)51)26-29-12-6-13-30(23-29)43-37(49)33-14-7-19-41-33/h2-6,9-13,17-18,23-24,27,33-34,41-42,47,52H,7-8,14-16,19-22,25-26H2,1H3,(H,43,49)(H,44,50)/b9-5+/t27-,33+,34+,40+/m0/s1. The lowest BCUT2D eigenvalue weighted by Gasteiger charge is -2.28. The summed E-state index contributed by atoms with van der Waals surface area (Å²) < 4.78 is 0. The van der Waals surface area contributed by atoms with Gasteiger partial charge in [0.25, 0.3) is 5.91 Å². The summed E-state index contributed by atoms with van der Waals surface area (Å²) in [4.78, 5) is 56.4. The number of anilines is 3. The van der Waals surface area contributed by atoms with Gasteiger partial charge < -0.3 is 41.3 Å². The maximum atomic E-state index is 14.4. The highest BCUT2D eigenvalue weighted by Crippen LogP contribution is 2.47. The molecule has 4 atom stereocenters. The Balaban J connectivity index is 1.23. The second kappa shape index (κ2) is 16.6. The summed E-state index contributed by atoms with van der Waals surface area (Å²) in [6, 6.07) is 21.4. The lowest BCUT2D eigenvalue weighted by Crippen LogP contribution is -2.44. The Hall–Kier alpha value is -4.88. The number of carbonyl (C=O) groups excluding carboxylic acids is 4. The van der Waals surface area contributed by atoms with Gasteiger partial charge in [-0.3, -0.25) is 19.2 Å². The van der Waals surface area contributed by atoms with Crippen LogP contribution < -0.4 is 26.2 Å². The van der Waals surface area contributed by atoms with Crippen LogP contribution in [0.5, 0.6) is 0 Å². The van der Waals surface area contributed by atoms with Gasteiger partial charge in [0.15, 0.2) is 5.60 Å². The number of fused-ring (bicyclic) bond motifs is 1. The first kappa shape index (κ1) is 36.9. The molecule has 3 heterocycles. The van der Waals surface area contributed by atoms with Crippen molar-refractivity contribution in [1.29, 1.82) is 0 Å². The molecule has 2 fully saturated rings. The van der Waals surface area contributed by atoms with Gasteiger partial charge in [-0.1, -0.05) is 61.5 Å². The van der Waals surface area contributed by atoms with Crippen LogP contribution in [0.2, 0.25) is 0 Å². The molecule has 0 unspecified atom stereocenters. The lowest BCUT2D eigenvalue weighted by molar-refractivity contribution is -0.139. The molecule has 0 saturated carbocycles. The average molecular weight is 709 g/mol. The number of rotatable bonds is 14. The SMILES string of the molecule is C[C@@H](/C=C/CC(=O)N(CCO)Cc1ccccc1)[C@]1(O)C(=O)N(Cc2cccc(NC(=O)[C@H]3CCCN3)c2)c2ccc(NC(=O)[C@H]3CCCN3)cc21. The van der Waals surface area contributed by atoms with Crippen LogP contribution in [0.15, 0.2) is 84.9 Å². The van der Waals surface area contributed by atoms with E-state index in [0.717, 1.165) is 49.9 Å². The van der Waals surface area contributed by atoms with Crippen LogP contribution in [0.1, 0.15) is 55.7 Å². The van der Waals surface area contributed by atoms with Gasteiger partial charge in [-0.15, -0.1) is 0 Å². The molecule has 0 bridgehead atoms. The number of hydrogen-bond donors (Lipinski definition) is 6. The molecule has 3 aliphatic heterocycles. The van der Waals surface area contributed by atoms with Crippen molar-refractivity contribution in [3.8, 4) is 0 Å². The van der Waals surface area contributed by atoms with E-state index in [1.54, 1.807) is 48.2 Å². The summed E-state index contributed by atoms with van der Waals surface area (Å²) in [6.45, 7) is 3.77. The molecule has 0 aromatic heterocycles. The minimum atomic E-state index is -2.00. The minimum absolute atomic E-state index is 0.0113. The Bertz CT molecular complexity index is 1790. The monoisotopic (exact) mass is 708 g/mol. The van der Waals surface area contributed by atoms with Gasteiger partial charge in [0, 0.05) is 42.4 Å². The largest absolute Gasteiger partial charge is 0.395 e. The van der Waals surface area contributed by atoms with Crippen molar-refractivity contribution in [2.45, 2.75) is 69.8 Å². The van der Waals surface area contributed by atoms with E-state index < -0.39 is 17.4 Å². The maximum absolute atomic E-state index is 14.4. The summed E-state index contributed by atoms with van der Waals surface area (Å²) in [5.74, 6) is -1.78. The van der Waals surface area contributed by atoms with E-state index in [9.17, 15) is 29.4 Å². The number of benzene rings is 3. The number of hydrogen-bond acceptors (Lipinski definition) is 8. The number of amides is 4. The van der Waals surface area contributed by atoms with E-state index in [0.29, 0.717) is 29.2 Å². The zero-order valence-corrected chi connectivity index (χ0v) is 29.5. The van der Waals surface area contributed by atoms with E-state index in [-0.39, 0.29) is 55.9 Å². The maximum Gasteiger partial charge on any atom is 0.264 e. The third kappa shape index (κ3) is 8.26. The Morgan fingerprint density at radius 3 is 2.21 bits per heavy atom. The van der Waals surface area contributed by atoms with Gasteiger partial charge in [0.05, 0.1) is 30.9 Å². The molecule has 0 radical (unpaired) electrons. The molecular formula is C40H48N6O6. The third-order valence-electron chi connectivity index (χ3n) is 10.1. The first-order valence-electron chi connectivity index (χ1n) is 18.1. The molecule has 3 aromatic carbocycles. The summed E-state index contributed by atoms with van der Waals surface area (Å²) in [6.07, 6.45) is 6.69. The fourth-order valence-electron chi connectivity index (χ4n) is 7.25. The van der Waals surface area contributed by atoms with E-state index in [4.69, 9.17) is 0 Å². The van der Waals surface area contributed by atoms with E-state index >= 15 is 0 Å². The van der Waals surface area contributed by atoms with Crippen LogP contribution >= 0.6 is 0 Å². The van der Waals surface area contributed by atoms with Crippen LogP contribution in [-0.2, 0) is 37.9 Å². The zero-order valence-electron chi connectivity index (χ0n) is 29.5. The Morgan fingerprint density at radius 2 is 1.58 bits per heavy atom. The zero-order chi connectivity index (χ0) is 36.7. The van der Waals surface area contributed by atoms with Crippen molar-refractivity contribution >= 4 is 40.7 Å². The molecule has 0 aliphatic carbocycles. The molecule has 3 aliphatic rings. The first-order chi connectivity index (χ1) is 25.2. The Labute approximate surface area is 304 Å². The molecule has 12 nitrogen and oxygen atoms in total. The summed E-state index contributed by atoms with van der Waals surface area (Å²) in [5, 5.41) is 34.3. The lowest BCUT2D eigenvalue weighted by atomic mass is 9.82. The van der Waals surface area contributed by atoms with Crippen LogP contribution in [0.3, 0.4) is 0 Å². The highest BCUT2D eigenvalue weighted by atomic mass is 16.3. The van der Waals surface area contributed by atoms with E-state index in [1.165, 1.54) is 4.90 Å². The van der Waals surface area contributed by atoms with Crippen LogP contribution in [0, 0.1) is 5.92 Å². The second-order valence-corrected chi connectivity index (χ2v) is 13.8. The quantitative estimate of drug-likeness (QED) is 0.139. The van der Waals surface area contributed by atoms with Crippen molar-refractivity contribution < 1.29 is 29.4 Å². The Morgan fingerprint density at radius 1 is 0.923 bits per heavy atom. The van der Waals surface area contributed by atoms with Gasteiger partial charge in [-0.05, 0) is 80.2 Å². The summed E-state index contributed by atoms with van der Waals surface area (Å²) in [7, 11) is 0. The highest BCUT2D eigenvalue weighted by Gasteiger charge is 2.52. The van der Waals surface area contributed by atoms with Gasteiger partial charge >= 0.3 is 0 Å². The van der Waals surface area contributed by atoms with Gasteiger partial charge in [-0.25, -0.2) is 0 Å². The van der Waals surface area contributed by atoms with Crippen LogP contribution in [-0.4, -0.2) is 77.1 Å². The molecule has 3 aromatic rings. The molecule has 274 valence electrons. The van der Waals surface area contributed by atoms with Crippen molar-refractivity contribution in [2.75, 3.05) is 41.8 Å². The van der Waals surface area contributed by atoms with Gasteiger partial charge in [0.2, 0.25) is 17.7 Å². The predicted octanol–water partition coefficient (Wildman–Crippen LogP) is 3.41. The van der Waals surface area contributed by atoms with Crippen molar-refractivity contribution in [1.82, 2.24) is 15.5 Å². The number of aliphatic hydroxyl groups excluding tert-OH is 1. The number of carbonyl (C=O) groups is 4. The summed E-state index contributed by atoms with van der Waals surface area (Å²) in [5.41, 5.74) is 1.61. The predicted molar refractivity (Wildman–Crippen MR) is 199 cm³/mol. The van der Waals surface area contributed by atoms with Crippen molar-refractivity contribution in [3.05, 3.63) is 102 Å². The second-order valence-electron chi connectivity index (χ2n) is 13.8. The molecule has 4 amide bonds. The van der Waals surface area contributed by atoms with Crippen molar-refractivity contribution in [2.24, 2.45) is 5.92 Å². The van der Waals surface area contributed by atoms with Gasteiger partial charge in [-0.2, -0.15) is 0 Å². The van der Waals surface area contributed by atoms with Crippen LogP contribution in [0.25, 0.3) is 0 Å². The Kier molecular flexibility index (Phi) is 11.8. The number of aliphatic hydroxyl groups is 2. The highest BCUT2D eigenvalue weighted by molar-refractivity contribution is 6.08. The molecule has 6 N–H and O–H groups in total. The molecule has 52 heavy (non-hydrogen) atoms. The normalized spacial score (nSPS) is 21.7. The van der Waals surface area contributed by atoms with Crippen molar-refractivity contribution in [3.63, 3.8) is 0 Å². The molecule has 2 saturated heterocycles. The fourth-order valence-corrected chi connectivity index (χ4v) is 7.25. The smallest absolute Gasteiger partial charge is 0.264 e. The molecular weight excluding hydrogens is 660 g/mol. The molecule has 12 heteroatoms. The minimum Gasteiger partial charge on any atom is -0.395 e. The van der Waals surface area contributed by atoms with Gasteiger partial charge in [0.1, 0.15) is 0 Å². The first-order valence-corrected chi connectivity index (χ1v) is 18.1. The number of nitrogens with zero attached hydrogens (tertiary/aromatic N) is 2. The van der Waals surface area contributed by atoms with E-state index in [1.807, 2.05) is 48.5 Å². The van der Waals surface area contributed by atoms with Crippen LogP contribution in [0.4, 0.5) is 17.1 Å².